The van der Waals surface area contributed by atoms with Crippen molar-refractivity contribution in [3.8, 4) is 28.5 Å². The zero-order chi connectivity index (χ0) is 22.3. The number of hydrogen-bond acceptors (Lipinski definition) is 4. The van der Waals surface area contributed by atoms with E-state index in [4.69, 9.17) is 32.7 Å². The van der Waals surface area contributed by atoms with E-state index in [1.165, 1.54) is 0 Å². The first-order chi connectivity index (χ1) is 14.7. The van der Waals surface area contributed by atoms with E-state index in [1.54, 1.807) is 12.1 Å². The second kappa shape index (κ2) is 8.41. The molecule has 4 rings (SSSR count). The van der Waals surface area contributed by atoms with Gasteiger partial charge in [0.05, 0.1) is 16.4 Å². The van der Waals surface area contributed by atoms with Crippen LogP contribution in [0.2, 0.25) is 10.0 Å². The summed E-state index contributed by atoms with van der Waals surface area (Å²) in [5.74, 6) is 0.956. The van der Waals surface area contributed by atoms with Gasteiger partial charge in [-0.15, -0.1) is 10.2 Å². The van der Waals surface area contributed by atoms with E-state index in [2.05, 4.69) is 33.1 Å². The number of benzene rings is 2. The molecule has 8 heteroatoms. The van der Waals surface area contributed by atoms with Crippen molar-refractivity contribution < 1.29 is 4.42 Å². The largest absolute Gasteiger partial charge is 0.419 e. The van der Waals surface area contributed by atoms with Crippen molar-refractivity contribution in [3.05, 3.63) is 68.4 Å². The molecule has 0 aliphatic carbocycles. The van der Waals surface area contributed by atoms with Gasteiger partial charge in [-0.1, -0.05) is 79.0 Å². The highest BCUT2D eigenvalue weighted by Gasteiger charge is 2.27. The first-order valence-corrected chi connectivity index (χ1v) is 11.4. The Morgan fingerprint density at radius 3 is 2.32 bits per heavy atom. The van der Waals surface area contributed by atoms with Crippen LogP contribution in [-0.2, 0) is 11.8 Å². The molecule has 160 valence electrons. The highest BCUT2D eigenvalue weighted by molar-refractivity contribution is 9.10. The lowest BCUT2D eigenvalue weighted by atomic mass is 9.97. The van der Waals surface area contributed by atoms with Crippen LogP contribution in [-0.4, -0.2) is 20.0 Å². The second-order valence-corrected chi connectivity index (χ2v) is 9.97. The van der Waals surface area contributed by atoms with Crippen LogP contribution in [0.3, 0.4) is 0 Å². The molecule has 2 aromatic carbocycles. The van der Waals surface area contributed by atoms with E-state index >= 15 is 0 Å². The summed E-state index contributed by atoms with van der Waals surface area (Å²) in [5, 5.41) is 14.5. The van der Waals surface area contributed by atoms with Crippen LogP contribution in [0, 0.1) is 0 Å². The molecule has 0 N–H and O–H groups in total. The highest BCUT2D eigenvalue weighted by Crippen LogP contribution is 2.37. The third-order valence-electron chi connectivity index (χ3n) is 4.86. The molecule has 5 nitrogen and oxygen atoms in total. The van der Waals surface area contributed by atoms with Gasteiger partial charge in [0, 0.05) is 26.0 Å². The van der Waals surface area contributed by atoms with Crippen LogP contribution >= 0.6 is 39.1 Å². The SMILES string of the molecule is CCc1c(-c2nnc(C(C)(C)C)o2)nn(-c2ccc(Cl)cc2Cl)c1-c1ccc(Br)cc1. The van der Waals surface area contributed by atoms with Crippen molar-refractivity contribution in [1.29, 1.82) is 0 Å². The van der Waals surface area contributed by atoms with Gasteiger partial charge in [0.25, 0.3) is 5.89 Å². The molecule has 0 atom stereocenters. The average molecular weight is 520 g/mol. The Kier molecular flexibility index (Phi) is 5.99. The fourth-order valence-corrected chi connectivity index (χ4v) is 4.06. The smallest absolute Gasteiger partial charge is 0.268 e. The molecule has 0 spiro atoms. The average Bonchev–Trinajstić information content (AvgIpc) is 3.33. The molecule has 0 radical (unpaired) electrons. The monoisotopic (exact) mass is 518 g/mol. The van der Waals surface area contributed by atoms with Gasteiger partial charge < -0.3 is 4.42 Å². The molecule has 0 saturated carbocycles. The van der Waals surface area contributed by atoms with Crippen molar-refractivity contribution in [1.82, 2.24) is 20.0 Å². The molecule has 0 unspecified atom stereocenters. The van der Waals surface area contributed by atoms with E-state index in [1.807, 2.05) is 55.8 Å². The van der Waals surface area contributed by atoms with Gasteiger partial charge in [-0.3, -0.25) is 0 Å². The minimum Gasteiger partial charge on any atom is -0.419 e. The molecule has 0 aliphatic rings. The van der Waals surface area contributed by atoms with Crippen LogP contribution in [0.5, 0.6) is 0 Å². The van der Waals surface area contributed by atoms with Crippen molar-refractivity contribution in [3.63, 3.8) is 0 Å². The summed E-state index contributed by atoms with van der Waals surface area (Å²) in [4.78, 5) is 0. The Labute approximate surface area is 199 Å². The Balaban J connectivity index is 1.99. The molecular weight excluding hydrogens is 499 g/mol. The number of nitrogens with zero attached hydrogens (tertiary/aromatic N) is 4. The zero-order valence-electron chi connectivity index (χ0n) is 17.6. The molecule has 0 amide bonds. The minimum atomic E-state index is -0.256. The lowest BCUT2D eigenvalue weighted by Crippen LogP contribution is -2.11. The summed E-state index contributed by atoms with van der Waals surface area (Å²) < 4.78 is 8.85. The normalized spacial score (nSPS) is 11.8. The van der Waals surface area contributed by atoms with Crippen LogP contribution in [0.1, 0.15) is 39.1 Å². The fraction of sp³-hybridized carbons (Fsp3) is 0.261. The number of rotatable bonds is 4. The summed E-state index contributed by atoms with van der Waals surface area (Å²) >= 11 is 16.2. The van der Waals surface area contributed by atoms with Gasteiger partial charge in [-0.25, -0.2) is 4.68 Å². The first-order valence-electron chi connectivity index (χ1n) is 9.86. The predicted molar refractivity (Wildman–Crippen MR) is 128 cm³/mol. The quantitative estimate of drug-likeness (QED) is 0.279. The number of hydrogen-bond donors (Lipinski definition) is 0. The summed E-state index contributed by atoms with van der Waals surface area (Å²) in [5.41, 5.74) is 4.03. The third kappa shape index (κ3) is 4.29. The molecular formula is C23H21BrCl2N4O. The van der Waals surface area contributed by atoms with E-state index in [0.29, 0.717) is 27.5 Å². The first kappa shape index (κ1) is 22.1. The molecule has 0 aliphatic heterocycles. The molecule has 0 fully saturated rings. The van der Waals surface area contributed by atoms with E-state index in [-0.39, 0.29) is 5.41 Å². The van der Waals surface area contributed by atoms with Gasteiger partial charge in [-0.05, 0) is 36.8 Å². The predicted octanol–water partition coefficient (Wildman–Crippen LogP) is 7.52. The van der Waals surface area contributed by atoms with Crippen molar-refractivity contribution in [2.24, 2.45) is 0 Å². The van der Waals surface area contributed by atoms with E-state index < -0.39 is 0 Å². The summed E-state index contributed by atoms with van der Waals surface area (Å²) in [7, 11) is 0. The van der Waals surface area contributed by atoms with Crippen molar-refractivity contribution in [2.75, 3.05) is 0 Å². The molecule has 31 heavy (non-hydrogen) atoms. The second-order valence-electron chi connectivity index (χ2n) is 8.21. The van der Waals surface area contributed by atoms with Crippen molar-refractivity contribution in [2.45, 2.75) is 39.5 Å². The van der Waals surface area contributed by atoms with Gasteiger partial charge in [-0.2, -0.15) is 5.10 Å². The number of halogens is 3. The van der Waals surface area contributed by atoms with Crippen LogP contribution in [0.15, 0.2) is 51.4 Å². The highest BCUT2D eigenvalue weighted by atomic mass is 79.9. The maximum Gasteiger partial charge on any atom is 0.268 e. The molecule has 0 bridgehead atoms. The maximum atomic E-state index is 6.56. The fourth-order valence-electron chi connectivity index (χ4n) is 3.31. The Morgan fingerprint density at radius 1 is 1.03 bits per heavy atom. The van der Waals surface area contributed by atoms with Gasteiger partial charge in [0.2, 0.25) is 5.89 Å². The van der Waals surface area contributed by atoms with Gasteiger partial charge in [0.15, 0.2) is 5.69 Å². The zero-order valence-corrected chi connectivity index (χ0v) is 20.7. The lowest BCUT2D eigenvalue weighted by Gasteiger charge is -2.11. The lowest BCUT2D eigenvalue weighted by molar-refractivity contribution is 0.398. The van der Waals surface area contributed by atoms with Crippen LogP contribution in [0.25, 0.3) is 28.5 Å². The maximum absolute atomic E-state index is 6.56. The Hall–Kier alpha value is -2.15. The van der Waals surface area contributed by atoms with E-state index in [9.17, 15) is 0 Å². The summed E-state index contributed by atoms with van der Waals surface area (Å²) in [6.45, 7) is 8.18. The Morgan fingerprint density at radius 2 is 1.74 bits per heavy atom. The summed E-state index contributed by atoms with van der Waals surface area (Å²) in [6.07, 6.45) is 0.721. The van der Waals surface area contributed by atoms with E-state index in [0.717, 1.165) is 33.4 Å². The van der Waals surface area contributed by atoms with Gasteiger partial charge in [0.1, 0.15) is 0 Å². The third-order valence-corrected chi connectivity index (χ3v) is 5.93. The number of aromatic nitrogens is 4. The van der Waals surface area contributed by atoms with Crippen LogP contribution < -0.4 is 0 Å². The topological polar surface area (TPSA) is 56.7 Å². The van der Waals surface area contributed by atoms with Crippen LogP contribution in [0.4, 0.5) is 0 Å². The molecule has 4 aromatic rings. The van der Waals surface area contributed by atoms with Gasteiger partial charge >= 0.3 is 0 Å². The molecule has 2 aromatic heterocycles. The summed E-state index contributed by atoms with van der Waals surface area (Å²) in [6, 6.07) is 13.4. The molecule has 0 saturated heterocycles. The minimum absolute atomic E-state index is 0.256. The van der Waals surface area contributed by atoms with Crippen molar-refractivity contribution >= 4 is 39.1 Å². The molecule has 2 heterocycles. The standard InChI is InChI=1S/C23H21BrCl2N4O/c1-5-16-19(21-27-28-22(31-21)23(2,3)4)29-30(18-11-10-15(25)12-17(18)26)20(16)13-6-8-14(24)9-7-13/h6-12H,5H2,1-4H3. The Bertz CT molecular complexity index is 1240.